The van der Waals surface area contributed by atoms with Crippen LogP contribution >= 0.6 is 0 Å². The van der Waals surface area contributed by atoms with E-state index in [1.807, 2.05) is 36.4 Å². The minimum Gasteiger partial charge on any atom is -0.459 e. The highest BCUT2D eigenvalue weighted by atomic mass is 16.6. The predicted molar refractivity (Wildman–Crippen MR) is 104 cm³/mol. The van der Waals surface area contributed by atoms with Gasteiger partial charge < -0.3 is 4.42 Å². The lowest BCUT2D eigenvalue weighted by atomic mass is 10.0. The van der Waals surface area contributed by atoms with Crippen LogP contribution in [0.5, 0.6) is 0 Å². The molecule has 140 valence electrons. The molecule has 0 saturated carbocycles. The molecule has 2 heterocycles. The van der Waals surface area contributed by atoms with E-state index in [4.69, 9.17) is 4.42 Å². The second kappa shape index (κ2) is 7.11. The van der Waals surface area contributed by atoms with Crippen molar-refractivity contribution in [3.8, 4) is 11.3 Å². The van der Waals surface area contributed by atoms with E-state index in [0.717, 1.165) is 16.8 Å². The molecule has 1 aliphatic rings. The molecule has 0 fully saturated rings. The van der Waals surface area contributed by atoms with Crippen LogP contribution in [-0.4, -0.2) is 21.6 Å². The molecular formula is C21H17N3O4. The lowest BCUT2D eigenvalue weighted by Crippen LogP contribution is -2.23. The lowest BCUT2D eigenvalue weighted by Gasteiger charge is -2.17. The van der Waals surface area contributed by atoms with Gasteiger partial charge in [0.15, 0.2) is 0 Å². The maximum atomic E-state index is 12.1. The molecule has 7 nitrogen and oxygen atoms in total. The molecule has 1 amide bonds. The van der Waals surface area contributed by atoms with Gasteiger partial charge in [0.1, 0.15) is 17.6 Å². The zero-order valence-electron chi connectivity index (χ0n) is 15.1. The highest BCUT2D eigenvalue weighted by Crippen LogP contribution is 2.35. The highest BCUT2D eigenvalue weighted by Gasteiger charge is 2.33. The van der Waals surface area contributed by atoms with Gasteiger partial charge in [0.05, 0.1) is 10.6 Å². The van der Waals surface area contributed by atoms with E-state index in [2.05, 4.69) is 5.10 Å². The van der Waals surface area contributed by atoms with Crippen molar-refractivity contribution >= 4 is 17.3 Å². The Morgan fingerprint density at radius 2 is 1.79 bits per heavy atom. The molecular weight excluding hydrogens is 358 g/mol. The number of amides is 1. The largest absolute Gasteiger partial charge is 0.459 e. The minimum atomic E-state index is -0.441. The summed E-state index contributed by atoms with van der Waals surface area (Å²) in [6.45, 7) is 1.48. The van der Waals surface area contributed by atoms with Crippen molar-refractivity contribution in [2.24, 2.45) is 5.10 Å². The summed E-state index contributed by atoms with van der Waals surface area (Å²) in [7, 11) is 0. The number of hydrazone groups is 1. The predicted octanol–water partition coefficient (Wildman–Crippen LogP) is 4.55. The first-order chi connectivity index (χ1) is 13.5. The number of furan rings is 1. The average molecular weight is 375 g/mol. The van der Waals surface area contributed by atoms with E-state index in [1.165, 1.54) is 24.1 Å². The van der Waals surface area contributed by atoms with Gasteiger partial charge in [-0.25, -0.2) is 5.01 Å². The van der Waals surface area contributed by atoms with Crippen LogP contribution in [0.1, 0.15) is 30.7 Å². The molecule has 7 heteroatoms. The van der Waals surface area contributed by atoms with E-state index >= 15 is 0 Å². The lowest BCUT2D eigenvalue weighted by molar-refractivity contribution is -0.384. The first kappa shape index (κ1) is 17.7. The number of hydrogen-bond donors (Lipinski definition) is 0. The normalized spacial score (nSPS) is 16.1. The van der Waals surface area contributed by atoms with Crippen LogP contribution in [0.15, 0.2) is 76.2 Å². The van der Waals surface area contributed by atoms with Crippen molar-refractivity contribution in [2.45, 2.75) is 19.4 Å². The van der Waals surface area contributed by atoms with E-state index < -0.39 is 4.92 Å². The maximum Gasteiger partial charge on any atom is 0.269 e. The number of non-ortho nitro benzene ring substituents is 1. The van der Waals surface area contributed by atoms with Crippen LogP contribution in [0.2, 0.25) is 0 Å². The van der Waals surface area contributed by atoms with Crippen LogP contribution in [0.25, 0.3) is 11.3 Å². The van der Waals surface area contributed by atoms with Crippen molar-refractivity contribution in [3.63, 3.8) is 0 Å². The second-order valence-electron chi connectivity index (χ2n) is 6.50. The fourth-order valence-electron chi connectivity index (χ4n) is 3.26. The Hall–Kier alpha value is -3.74. The number of carbonyl (C=O) groups excluding carboxylic acids is 1. The third kappa shape index (κ3) is 3.29. The summed E-state index contributed by atoms with van der Waals surface area (Å²) in [4.78, 5) is 22.5. The second-order valence-corrected chi connectivity index (χ2v) is 6.50. The summed E-state index contributed by atoms with van der Waals surface area (Å²) in [5, 5.41) is 16.7. The van der Waals surface area contributed by atoms with Gasteiger partial charge in [0, 0.05) is 31.0 Å². The summed E-state index contributed by atoms with van der Waals surface area (Å²) >= 11 is 0. The van der Waals surface area contributed by atoms with Crippen molar-refractivity contribution in [1.29, 1.82) is 0 Å². The third-order valence-electron chi connectivity index (χ3n) is 4.66. The van der Waals surface area contributed by atoms with Crippen molar-refractivity contribution in [3.05, 3.63) is 88.2 Å². The summed E-state index contributed by atoms with van der Waals surface area (Å²) < 4.78 is 5.98. The monoisotopic (exact) mass is 375 g/mol. The van der Waals surface area contributed by atoms with Crippen LogP contribution < -0.4 is 0 Å². The number of benzene rings is 2. The van der Waals surface area contributed by atoms with Crippen LogP contribution in [0.4, 0.5) is 5.69 Å². The molecule has 0 radical (unpaired) electrons. The third-order valence-corrected chi connectivity index (χ3v) is 4.66. The molecule has 4 rings (SSSR count). The molecule has 0 bridgehead atoms. The first-order valence-corrected chi connectivity index (χ1v) is 8.80. The van der Waals surface area contributed by atoms with E-state index in [1.54, 1.807) is 18.2 Å². The molecule has 1 aliphatic heterocycles. The minimum absolute atomic E-state index is 0.0231. The highest BCUT2D eigenvalue weighted by molar-refractivity contribution is 6.03. The standard InChI is InChI=1S/C21H17N3O4/c1-14(25)23-19(13-18(22-23)15-5-3-2-4-6-15)21-12-11-20(28-21)16-7-9-17(10-8-16)24(26)27/h2-12,19H,13H2,1H3. The molecule has 0 N–H and O–H groups in total. The molecule has 2 aromatic carbocycles. The zero-order chi connectivity index (χ0) is 19.7. The quantitative estimate of drug-likeness (QED) is 0.494. The Kier molecular flexibility index (Phi) is 4.49. The van der Waals surface area contributed by atoms with Gasteiger partial charge >= 0.3 is 0 Å². The van der Waals surface area contributed by atoms with Crippen molar-refractivity contribution < 1.29 is 14.1 Å². The number of hydrogen-bond acceptors (Lipinski definition) is 5. The number of rotatable bonds is 4. The number of nitrogens with zero attached hydrogens (tertiary/aromatic N) is 3. The molecule has 3 aromatic rings. The molecule has 1 atom stereocenters. The van der Waals surface area contributed by atoms with E-state index in [9.17, 15) is 14.9 Å². The molecule has 1 unspecified atom stereocenters. The Morgan fingerprint density at radius 1 is 1.07 bits per heavy atom. The first-order valence-electron chi connectivity index (χ1n) is 8.80. The summed E-state index contributed by atoms with van der Waals surface area (Å²) in [6, 6.07) is 19.2. The fraction of sp³-hybridized carbons (Fsp3) is 0.143. The van der Waals surface area contributed by atoms with Gasteiger partial charge in [0.25, 0.3) is 5.69 Å². The SMILES string of the molecule is CC(=O)N1N=C(c2ccccc2)CC1c1ccc(-c2ccc([N+](=O)[O-])cc2)o1. The van der Waals surface area contributed by atoms with Gasteiger partial charge in [-0.1, -0.05) is 30.3 Å². The number of carbonyl (C=O) groups is 1. The molecule has 0 saturated heterocycles. The van der Waals surface area contributed by atoms with Gasteiger partial charge in [-0.15, -0.1) is 0 Å². The maximum absolute atomic E-state index is 12.1. The molecule has 0 spiro atoms. The van der Waals surface area contributed by atoms with Gasteiger partial charge in [-0.05, 0) is 29.8 Å². The smallest absolute Gasteiger partial charge is 0.269 e. The van der Waals surface area contributed by atoms with Gasteiger partial charge in [-0.3, -0.25) is 14.9 Å². The Balaban J connectivity index is 1.61. The van der Waals surface area contributed by atoms with E-state index in [0.29, 0.717) is 17.9 Å². The van der Waals surface area contributed by atoms with Crippen LogP contribution in [-0.2, 0) is 4.79 Å². The molecule has 28 heavy (non-hydrogen) atoms. The Bertz CT molecular complexity index is 1050. The molecule has 1 aromatic heterocycles. The van der Waals surface area contributed by atoms with Crippen molar-refractivity contribution in [2.75, 3.05) is 0 Å². The van der Waals surface area contributed by atoms with Gasteiger partial charge in [-0.2, -0.15) is 5.10 Å². The molecule has 0 aliphatic carbocycles. The fourth-order valence-corrected chi connectivity index (χ4v) is 3.26. The van der Waals surface area contributed by atoms with Crippen LogP contribution in [0, 0.1) is 10.1 Å². The zero-order valence-corrected chi connectivity index (χ0v) is 15.1. The Labute approximate surface area is 161 Å². The Morgan fingerprint density at radius 3 is 2.43 bits per heavy atom. The number of nitro benzene ring substituents is 1. The summed E-state index contributed by atoms with van der Waals surface area (Å²) in [6.07, 6.45) is 0.552. The number of nitro groups is 1. The van der Waals surface area contributed by atoms with Crippen molar-refractivity contribution in [1.82, 2.24) is 5.01 Å². The van der Waals surface area contributed by atoms with Gasteiger partial charge in [0.2, 0.25) is 5.91 Å². The average Bonchev–Trinajstić information content (AvgIpc) is 3.36. The summed E-state index contributed by atoms with van der Waals surface area (Å²) in [5.74, 6) is 1.05. The topological polar surface area (TPSA) is 89.0 Å². The van der Waals surface area contributed by atoms with Crippen LogP contribution in [0.3, 0.4) is 0 Å². The summed E-state index contributed by atoms with van der Waals surface area (Å²) in [5.41, 5.74) is 2.55. The van der Waals surface area contributed by atoms with E-state index in [-0.39, 0.29) is 17.6 Å².